The van der Waals surface area contributed by atoms with Crippen LogP contribution in [0.2, 0.25) is 0 Å². The summed E-state index contributed by atoms with van der Waals surface area (Å²) in [4.78, 5) is 12.4. The summed E-state index contributed by atoms with van der Waals surface area (Å²) in [6.45, 7) is 4.33. The van der Waals surface area contributed by atoms with E-state index in [1.54, 1.807) is 4.68 Å². The number of amides is 1. The zero-order chi connectivity index (χ0) is 17.1. The Kier molecular flexibility index (Phi) is 4.76. The monoisotopic (exact) mass is 384 g/mol. The molecule has 5 nitrogen and oxygen atoms in total. The van der Waals surface area contributed by atoms with Crippen LogP contribution in [-0.4, -0.2) is 20.9 Å². The maximum atomic E-state index is 12.4. The Balaban J connectivity index is 1.75. The number of carbonyl (C=O) groups excluding carboxylic acids is 1. The average Bonchev–Trinajstić information content (AvgIpc) is 2.96. The highest BCUT2D eigenvalue weighted by Gasteiger charge is 2.17. The first kappa shape index (κ1) is 16.4. The van der Waals surface area contributed by atoms with Crippen LogP contribution in [0.15, 0.2) is 53.0 Å². The molecule has 0 saturated carbocycles. The summed E-state index contributed by atoms with van der Waals surface area (Å²) in [5.74, 6) is -0.227. The van der Waals surface area contributed by atoms with Gasteiger partial charge >= 0.3 is 0 Å². The van der Waals surface area contributed by atoms with Gasteiger partial charge < -0.3 is 5.32 Å². The highest BCUT2D eigenvalue weighted by Crippen LogP contribution is 2.17. The first-order valence-electron chi connectivity index (χ1n) is 7.56. The smallest absolute Gasteiger partial charge is 0.274 e. The zero-order valence-corrected chi connectivity index (χ0v) is 15.0. The number of hydrogen-bond acceptors (Lipinski definition) is 3. The fraction of sp³-hybridized carbons (Fsp3) is 0.167. The van der Waals surface area contributed by atoms with E-state index in [2.05, 4.69) is 31.6 Å². The summed E-state index contributed by atoms with van der Waals surface area (Å²) in [6, 6.07) is 15.7. The van der Waals surface area contributed by atoms with Gasteiger partial charge in [0.2, 0.25) is 0 Å². The zero-order valence-electron chi connectivity index (χ0n) is 13.5. The van der Waals surface area contributed by atoms with E-state index in [0.717, 1.165) is 15.7 Å². The van der Waals surface area contributed by atoms with Gasteiger partial charge in [-0.1, -0.05) is 57.0 Å². The molecule has 1 heterocycles. The van der Waals surface area contributed by atoms with Crippen molar-refractivity contribution in [1.29, 1.82) is 0 Å². The Morgan fingerprint density at radius 3 is 2.62 bits per heavy atom. The van der Waals surface area contributed by atoms with E-state index in [0.29, 0.717) is 17.9 Å². The molecule has 1 N–H and O–H groups in total. The summed E-state index contributed by atoms with van der Waals surface area (Å²) in [5.41, 5.74) is 4.13. The lowest BCUT2D eigenvalue weighted by atomic mass is 10.1. The van der Waals surface area contributed by atoms with Crippen LogP contribution in [0.1, 0.15) is 27.3 Å². The second-order valence-electron chi connectivity index (χ2n) is 5.58. The van der Waals surface area contributed by atoms with E-state index in [-0.39, 0.29) is 5.91 Å². The lowest BCUT2D eigenvalue weighted by molar-refractivity contribution is 0.0945. The SMILES string of the molecule is Cc1ccc(CNC(=O)c2nnn(-c3cccc(Br)c3)c2C)cc1. The molecule has 0 atom stereocenters. The molecule has 0 radical (unpaired) electrons. The van der Waals surface area contributed by atoms with Gasteiger partial charge in [0.15, 0.2) is 5.69 Å². The van der Waals surface area contributed by atoms with Crippen LogP contribution in [-0.2, 0) is 6.54 Å². The molecule has 24 heavy (non-hydrogen) atoms. The van der Waals surface area contributed by atoms with Crippen LogP contribution in [0.3, 0.4) is 0 Å². The quantitative estimate of drug-likeness (QED) is 0.747. The number of halogens is 1. The van der Waals surface area contributed by atoms with Crippen molar-refractivity contribution in [2.24, 2.45) is 0 Å². The Morgan fingerprint density at radius 2 is 1.92 bits per heavy atom. The number of rotatable bonds is 4. The average molecular weight is 385 g/mol. The molecule has 1 aromatic heterocycles. The minimum absolute atomic E-state index is 0.227. The molecule has 0 aliphatic carbocycles. The maximum absolute atomic E-state index is 12.4. The van der Waals surface area contributed by atoms with Gasteiger partial charge in [-0.05, 0) is 37.6 Å². The number of carbonyl (C=O) groups is 1. The van der Waals surface area contributed by atoms with Crippen molar-refractivity contribution < 1.29 is 4.79 Å². The van der Waals surface area contributed by atoms with Gasteiger partial charge in [-0.3, -0.25) is 4.79 Å². The predicted octanol–water partition coefficient (Wildman–Crippen LogP) is 3.58. The first-order chi connectivity index (χ1) is 11.5. The summed E-state index contributed by atoms with van der Waals surface area (Å²) in [6.07, 6.45) is 0. The van der Waals surface area contributed by atoms with Gasteiger partial charge in [-0.2, -0.15) is 0 Å². The van der Waals surface area contributed by atoms with Crippen LogP contribution in [0.25, 0.3) is 5.69 Å². The molecule has 1 amide bonds. The molecule has 0 aliphatic rings. The van der Waals surface area contributed by atoms with Crippen molar-refractivity contribution in [3.05, 3.63) is 75.5 Å². The van der Waals surface area contributed by atoms with Crippen LogP contribution in [0, 0.1) is 13.8 Å². The Labute approximate surface area is 148 Å². The lowest BCUT2D eigenvalue weighted by Crippen LogP contribution is -2.24. The Hall–Kier alpha value is -2.47. The van der Waals surface area contributed by atoms with Crippen LogP contribution in [0.5, 0.6) is 0 Å². The topological polar surface area (TPSA) is 59.8 Å². The number of hydrogen-bond donors (Lipinski definition) is 1. The lowest BCUT2D eigenvalue weighted by Gasteiger charge is -2.06. The molecule has 6 heteroatoms. The van der Waals surface area contributed by atoms with Crippen molar-refractivity contribution in [2.45, 2.75) is 20.4 Å². The minimum atomic E-state index is -0.227. The van der Waals surface area contributed by atoms with E-state index in [1.165, 1.54) is 5.56 Å². The molecular weight excluding hydrogens is 368 g/mol. The number of aromatic nitrogens is 3. The molecular formula is C18H17BrN4O. The molecule has 3 rings (SSSR count). The predicted molar refractivity (Wildman–Crippen MR) is 96.1 cm³/mol. The molecule has 0 spiro atoms. The van der Waals surface area contributed by atoms with E-state index in [1.807, 2.05) is 62.4 Å². The van der Waals surface area contributed by atoms with Gasteiger partial charge in [-0.15, -0.1) is 5.10 Å². The molecule has 3 aromatic rings. The van der Waals surface area contributed by atoms with E-state index >= 15 is 0 Å². The van der Waals surface area contributed by atoms with Crippen molar-refractivity contribution in [1.82, 2.24) is 20.3 Å². The third-order valence-corrected chi connectivity index (χ3v) is 4.23. The first-order valence-corrected chi connectivity index (χ1v) is 8.36. The fourth-order valence-corrected chi connectivity index (χ4v) is 2.75. The second kappa shape index (κ2) is 6.97. The number of nitrogens with zero attached hydrogens (tertiary/aromatic N) is 3. The maximum Gasteiger partial charge on any atom is 0.274 e. The molecule has 2 aromatic carbocycles. The van der Waals surface area contributed by atoms with Gasteiger partial charge in [-0.25, -0.2) is 4.68 Å². The van der Waals surface area contributed by atoms with Crippen molar-refractivity contribution in [2.75, 3.05) is 0 Å². The standard InChI is InChI=1S/C18H17BrN4O/c1-12-6-8-14(9-7-12)11-20-18(24)17-13(2)23(22-21-17)16-5-3-4-15(19)10-16/h3-10H,11H2,1-2H3,(H,20,24). The van der Waals surface area contributed by atoms with Crippen LogP contribution >= 0.6 is 15.9 Å². The normalized spacial score (nSPS) is 10.6. The van der Waals surface area contributed by atoms with Crippen LogP contribution in [0.4, 0.5) is 0 Å². The Morgan fingerprint density at radius 1 is 1.17 bits per heavy atom. The highest BCUT2D eigenvalue weighted by molar-refractivity contribution is 9.10. The minimum Gasteiger partial charge on any atom is -0.347 e. The summed E-state index contributed by atoms with van der Waals surface area (Å²) in [7, 11) is 0. The summed E-state index contributed by atoms with van der Waals surface area (Å²) >= 11 is 3.43. The number of benzene rings is 2. The van der Waals surface area contributed by atoms with Gasteiger partial charge in [0.05, 0.1) is 11.4 Å². The molecule has 0 unspecified atom stereocenters. The van der Waals surface area contributed by atoms with E-state index in [4.69, 9.17) is 0 Å². The molecule has 0 aliphatic heterocycles. The summed E-state index contributed by atoms with van der Waals surface area (Å²) < 4.78 is 2.60. The third-order valence-electron chi connectivity index (χ3n) is 3.74. The second-order valence-corrected chi connectivity index (χ2v) is 6.50. The van der Waals surface area contributed by atoms with E-state index < -0.39 is 0 Å². The number of aryl methyl sites for hydroxylation is 1. The van der Waals surface area contributed by atoms with Crippen molar-refractivity contribution in [3.63, 3.8) is 0 Å². The molecule has 0 saturated heterocycles. The largest absolute Gasteiger partial charge is 0.347 e. The van der Waals surface area contributed by atoms with E-state index in [9.17, 15) is 4.79 Å². The van der Waals surface area contributed by atoms with Gasteiger partial charge in [0.25, 0.3) is 5.91 Å². The van der Waals surface area contributed by atoms with Crippen molar-refractivity contribution >= 4 is 21.8 Å². The van der Waals surface area contributed by atoms with Crippen molar-refractivity contribution in [3.8, 4) is 5.69 Å². The molecule has 0 fully saturated rings. The summed E-state index contributed by atoms with van der Waals surface area (Å²) in [5, 5.41) is 11.0. The molecule has 0 bridgehead atoms. The van der Waals surface area contributed by atoms with Gasteiger partial charge in [0.1, 0.15) is 0 Å². The third kappa shape index (κ3) is 3.54. The van der Waals surface area contributed by atoms with Gasteiger partial charge in [0, 0.05) is 11.0 Å². The number of nitrogens with one attached hydrogen (secondary N) is 1. The molecule has 122 valence electrons. The Bertz CT molecular complexity index is 871. The fourth-order valence-electron chi connectivity index (χ4n) is 2.36. The highest BCUT2D eigenvalue weighted by atomic mass is 79.9. The van der Waals surface area contributed by atoms with Crippen LogP contribution < -0.4 is 5.32 Å².